The van der Waals surface area contributed by atoms with Crippen LogP contribution in [-0.4, -0.2) is 74.7 Å². The van der Waals surface area contributed by atoms with Crippen molar-refractivity contribution in [2.45, 2.75) is 6.92 Å². The second kappa shape index (κ2) is 9.48. The van der Waals surface area contributed by atoms with E-state index in [2.05, 4.69) is 4.90 Å². The van der Waals surface area contributed by atoms with E-state index in [1.807, 2.05) is 0 Å². The van der Waals surface area contributed by atoms with Crippen molar-refractivity contribution in [1.29, 1.82) is 0 Å². The fourth-order valence-electron chi connectivity index (χ4n) is 2.77. The van der Waals surface area contributed by atoms with Crippen molar-refractivity contribution >= 4 is 11.9 Å². The van der Waals surface area contributed by atoms with Gasteiger partial charge in [0, 0.05) is 38.3 Å². The van der Waals surface area contributed by atoms with Crippen molar-refractivity contribution in [2.24, 2.45) is 5.92 Å². The van der Waals surface area contributed by atoms with Crippen molar-refractivity contribution in [3.8, 4) is 0 Å². The summed E-state index contributed by atoms with van der Waals surface area (Å²) in [7, 11) is 1.32. The summed E-state index contributed by atoms with van der Waals surface area (Å²) in [6, 6.07) is 5.60. The molecule has 1 unspecified atom stereocenters. The minimum absolute atomic E-state index is 0.229. The molecule has 0 aliphatic carbocycles. The summed E-state index contributed by atoms with van der Waals surface area (Å²) >= 11 is 0. The molecule has 1 aromatic carbocycles. The predicted octanol–water partition coefficient (Wildman–Crippen LogP) is 1.41. The van der Waals surface area contributed by atoms with Crippen LogP contribution in [0.25, 0.3) is 0 Å². The molecule has 2 rings (SSSR count). The zero-order valence-electron chi connectivity index (χ0n) is 14.7. The lowest BCUT2D eigenvalue weighted by atomic mass is 10.1. The molecule has 1 heterocycles. The second-order valence-electron chi connectivity index (χ2n) is 6.14. The maximum Gasteiger partial charge on any atom is 0.310 e. The van der Waals surface area contributed by atoms with Gasteiger partial charge in [-0.25, -0.2) is 4.39 Å². The monoisotopic (exact) mass is 352 g/mol. The van der Waals surface area contributed by atoms with Gasteiger partial charge in [0.2, 0.25) is 0 Å². The van der Waals surface area contributed by atoms with E-state index in [0.717, 1.165) is 13.1 Å². The first kappa shape index (κ1) is 19.3. The number of benzene rings is 1. The summed E-state index contributed by atoms with van der Waals surface area (Å²) in [6.45, 7) is 6.06. The Morgan fingerprint density at radius 3 is 2.72 bits per heavy atom. The topological polar surface area (TPSA) is 59.1 Å². The Morgan fingerprint density at radius 1 is 1.36 bits per heavy atom. The molecule has 7 heteroatoms. The zero-order chi connectivity index (χ0) is 18.2. The van der Waals surface area contributed by atoms with Crippen molar-refractivity contribution in [3.05, 3.63) is 35.6 Å². The van der Waals surface area contributed by atoms with E-state index in [0.29, 0.717) is 26.3 Å². The summed E-state index contributed by atoms with van der Waals surface area (Å²) < 4.78 is 23.5. The maximum absolute atomic E-state index is 13.4. The Kier molecular flexibility index (Phi) is 7.33. The van der Waals surface area contributed by atoms with E-state index in [1.54, 1.807) is 17.9 Å². The molecule has 0 N–H and O–H groups in total. The summed E-state index contributed by atoms with van der Waals surface area (Å²) in [5.74, 6) is -1.57. The molecule has 1 aliphatic heterocycles. The number of methoxy groups -OCH3 is 1. The van der Waals surface area contributed by atoms with Gasteiger partial charge < -0.3 is 14.4 Å². The average molecular weight is 352 g/mol. The van der Waals surface area contributed by atoms with Crippen LogP contribution in [-0.2, 0) is 14.3 Å². The van der Waals surface area contributed by atoms with Crippen LogP contribution in [0, 0.1) is 11.7 Å². The van der Waals surface area contributed by atoms with Crippen molar-refractivity contribution in [1.82, 2.24) is 9.80 Å². The van der Waals surface area contributed by atoms with Gasteiger partial charge in [0.05, 0.1) is 26.2 Å². The summed E-state index contributed by atoms with van der Waals surface area (Å²) in [5, 5.41) is 0. The standard InChI is InChI=1S/C18H25FN2O4/c1-14(18(23)24-2)13-21(7-6-20-8-10-25-11-9-20)17(22)15-4-3-5-16(19)12-15/h3-5,12,14H,6-11,13H2,1-2H3. The molecule has 1 amide bonds. The van der Waals surface area contributed by atoms with Crippen LogP contribution < -0.4 is 0 Å². The van der Waals surface area contributed by atoms with Gasteiger partial charge in [-0.1, -0.05) is 13.0 Å². The molecule has 0 spiro atoms. The normalized spacial score (nSPS) is 16.3. The van der Waals surface area contributed by atoms with Crippen molar-refractivity contribution in [3.63, 3.8) is 0 Å². The van der Waals surface area contributed by atoms with Crippen LogP contribution in [0.3, 0.4) is 0 Å². The average Bonchev–Trinajstić information content (AvgIpc) is 2.64. The number of hydrogen-bond donors (Lipinski definition) is 0. The molecular formula is C18H25FN2O4. The van der Waals surface area contributed by atoms with Gasteiger partial charge >= 0.3 is 5.97 Å². The minimum Gasteiger partial charge on any atom is -0.469 e. The first-order valence-corrected chi connectivity index (χ1v) is 8.44. The van der Waals surface area contributed by atoms with Gasteiger partial charge in [0.1, 0.15) is 5.82 Å². The van der Waals surface area contributed by atoms with E-state index < -0.39 is 11.7 Å². The lowest BCUT2D eigenvalue weighted by Crippen LogP contribution is -2.45. The van der Waals surface area contributed by atoms with Crippen LogP contribution in [0.5, 0.6) is 0 Å². The highest BCUT2D eigenvalue weighted by Crippen LogP contribution is 2.11. The molecule has 1 atom stereocenters. The van der Waals surface area contributed by atoms with E-state index in [9.17, 15) is 14.0 Å². The quantitative estimate of drug-likeness (QED) is 0.695. The van der Waals surface area contributed by atoms with Gasteiger partial charge in [-0.3, -0.25) is 14.5 Å². The lowest BCUT2D eigenvalue weighted by molar-refractivity contribution is -0.145. The molecule has 0 radical (unpaired) electrons. The summed E-state index contributed by atoms with van der Waals surface area (Å²) in [6.07, 6.45) is 0. The third-order valence-corrected chi connectivity index (χ3v) is 4.25. The van der Waals surface area contributed by atoms with Crippen LogP contribution in [0.15, 0.2) is 24.3 Å². The lowest BCUT2D eigenvalue weighted by Gasteiger charge is -2.31. The van der Waals surface area contributed by atoms with E-state index in [1.165, 1.54) is 25.3 Å². The van der Waals surface area contributed by atoms with Gasteiger partial charge in [-0.05, 0) is 18.2 Å². The molecule has 138 valence electrons. The molecule has 0 bridgehead atoms. The Hall–Kier alpha value is -1.99. The number of carbonyl (C=O) groups excluding carboxylic acids is 2. The number of carbonyl (C=O) groups is 2. The third kappa shape index (κ3) is 5.79. The predicted molar refractivity (Wildman–Crippen MR) is 90.7 cm³/mol. The SMILES string of the molecule is COC(=O)C(C)CN(CCN1CCOCC1)C(=O)c1cccc(F)c1. The van der Waals surface area contributed by atoms with Gasteiger partial charge in [-0.15, -0.1) is 0 Å². The van der Waals surface area contributed by atoms with Crippen molar-refractivity contribution in [2.75, 3.05) is 53.0 Å². The Labute approximate surface area is 147 Å². The maximum atomic E-state index is 13.4. The smallest absolute Gasteiger partial charge is 0.310 e. The van der Waals surface area contributed by atoms with Gasteiger partial charge in [-0.2, -0.15) is 0 Å². The van der Waals surface area contributed by atoms with E-state index in [-0.39, 0.29) is 24.0 Å². The van der Waals surface area contributed by atoms with Crippen LogP contribution in [0.2, 0.25) is 0 Å². The highest BCUT2D eigenvalue weighted by atomic mass is 19.1. The molecule has 1 saturated heterocycles. The summed E-state index contributed by atoms with van der Waals surface area (Å²) in [5.41, 5.74) is 0.277. The van der Waals surface area contributed by atoms with Gasteiger partial charge in [0.25, 0.3) is 5.91 Å². The van der Waals surface area contributed by atoms with Crippen molar-refractivity contribution < 1.29 is 23.5 Å². The van der Waals surface area contributed by atoms with E-state index in [4.69, 9.17) is 9.47 Å². The first-order valence-electron chi connectivity index (χ1n) is 8.44. The second-order valence-corrected chi connectivity index (χ2v) is 6.14. The molecule has 0 aromatic heterocycles. The zero-order valence-corrected chi connectivity index (χ0v) is 14.7. The fourth-order valence-corrected chi connectivity index (χ4v) is 2.77. The number of halogens is 1. The molecular weight excluding hydrogens is 327 g/mol. The summed E-state index contributed by atoms with van der Waals surface area (Å²) in [4.78, 5) is 28.3. The number of nitrogens with zero attached hydrogens (tertiary/aromatic N) is 2. The molecule has 1 aliphatic rings. The number of morpholine rings is 1. The Bertz CT molecular complexity index is 590. The molecule has 6 nitrogen and oxygen atoms in total. The number of amides is 1. The molecule has 25 heavy (non-hydrogen) atoms. The number of hydrogen-bond acceptors (Lipinski definition) is 5. The Balaban J connectivity index is 2.06. The molecule has 1 aromatic rings. The highest BCUT2D eigenvalue weighted by Gasteiger charge is 2.23. The number of esters is 1. The minimum atomic E-state index is -0.458. The highest BCUT2D eigenvalue weighted by molar-refractivity contribution is 5.94. The number of ether oxygens (including phenoxy) is 2. The first-order chi connectivity index (χ1) is 12.0. The molecule has 0 saturated carbocycles. The Morgan fingerprint density at radius 2 is 2.08 bits per heavy atom. The largest absolute Gasteiger partial charge is 0.469 e. The molecule has 1 fully saturated rings. The fraction of sp³-hybridized carbons (Fsp3) is 0.556. The van der Waals surface area contributed by atoms with Crippen LogP contribution in [0.4, 0.5) is 4.39 Å². The van der Waals surface area contributed by atoms with Crippen LogP contribution >= 0.6 is 0 Å². The third-order valence-electron chi connectivity index (χ3n) is 4.25. The van der Waals surface area contributed by atoms with Crippen LogP contribution in [0.1, 0.15) is 17.3 Å². The van der Waals surface area contributed by atoms with Gasteiger partial charge in [0.15, 0.2) is 0 Å². The van der Waals surface area contributed by atoms with E-state index >= 15 is 0 Å². The number of rotatable bonds is 7.